The van der Waals surface area contributed by atoms with Gasteiger partial charge in [0.15, 0.2) is 12.6 Å². The van der Waals surface area contributed by atoms with E-state index >= 15 is 0 Å². The Morgan fingerprint density at radius 1 is 1.03 bits per heavy atom. The molecular weight excluding hydrogens is 448 g/mol. The zero-order valence-corrected chi connectivity index (χ0v) is 20.5. The molecule has 0 radical (unpaired) electrons. The van der Waals surface area contributed by atoms with E-state index in [9.17, 15) is 15.0 Å². The predicted octanol–water partition coefficient (Wildman–Crippen LogP) is 4.78. The maximum Gasteiger partial charge on any atom is 0.303 e. The Morgan fingerprint density at radius 2 is 1.74 bits per heavy atom. The van der Waals surface area contributed by atoms with Gasteiger partial charge in [-0.2, -0.15) is 0 Å². The zero-order valence-electron chi connectivity index (χ0n) is 20.5. The molecule has 3 unspecified atom stereocenters. The molecule has 2 saturated heterocycles. The number of aliphatic hydroxyl groups excluding tert-OH is 1. The third-order valence-electron chi connectivity index (χ3n) is 7.42. The van der Waals surface area contributed by atoms with Gasteiger partial charge < -0.3 is 29.2 Å². The van der Waals surface area contributed by atoms with Crippen LogP contribution < -0.4 is 0 Å². The summed E-state index contributed by atoms with van der Waals surface area (Å²) in [5.74, 6) is -1.30. The van der Waals surface area contributed by atoms with Crippen LogP contribution in [0.1, 0.15) is 69.8 Å². The van der Waals surface area contributed by atoms with Crippen molar-refractivity contribution in [3.05, 3.63) is 42.0 Å². The molecule has 194 valence electrons. The molecule has 3 aliphatic rings. The monoisotopic (exact) mass is 488 g/mol. The molecule has 7 atom stereocenters. The Bertz CT molecular complexity index is 786. The number of rotatable bonds is 11. The van der Waals surface area contributed by atoms with Crippen molar-refractivity contribution in [3.8, 4) is 0 Å². The lowest BCUT2D eigenvalue weighted by atomic mass is 9.86. The molecule has 2 N–H and O–H groups in total. The second-order valence-corrected chi connectivity index (χ2v) is 10.0. The van der Waals surface area contributed by atoms with Gasteiger partial charge >= 0.3 is 5.97 Å². The van der Waals surface area contributed by atoms with E-state index in [-0.39, 0.29) is 43.0 Å². The van der Waals surface area contributed by atoms with Crippen molar-refractivity contribution in [2.45, 2.75) is 95.1 Å². The van der Waals surface area contributed by atoms with Crippen molar-refractivity contribution in [1.29, 1.82) is 0 Å². The first kappa shape index (κ1) is 26.3. The van der Waals surface area contributed by atoms with Crippen LogP contribution in [0.2, 0.25) is 0 Å². The first-order valence-corrected chi connectivity index (χ1v) is 13.3. The minimum Gasteiger partial charge on any atom is -0.481 e. The third kappa shape index (κ3) is 8.12. The fraction of sp³-hybridized carbons (Fsp3) is 0.679. The maximum absolute atomic E-state index is 11.6. The molecule has 1 aromatic carbocycles. The molecular formula is C28H40O7. The zero-order chi connectivity index (χ0) is 24.5. The number of carboxylic acid groups (broad SMARTS) is 1. The van der Waals surface area contributed by atoms with E-state index in [1.807, 2.05) is 18.2 Å². The molecule has 7 heteroatoms. The van der Waals surface area contributed by atoms with Crippen LogP contribution in [0.25, 0.3) is 6.08 Å². The summed E-state index contributed by atoms with van der Waals surface area (Å²) in [6.45, 7) is 1.40. The molecule has 3 fully saturated rings. The topological polar surface area (TPSA) is 94.5 Å². The summed E-state index contributed by atoms with van der Waals surface area (Å²) in [5, 5.41) is 20.2. The number of aliphatic hydroxyl groups is 1. The van der Waals surface area contributed by atoms with Crippen LogP contribution in [0, 0.1) is 11.8 Å². The van der Waals surface area contributed by atoms with Crippen molar-refractivity contribution < 1.29 is 34.0 Å². The van der Waals surface area contributed by atoms with Crippen LogP contribution in [0.5, 0.6) is 0 Å². The predicted molar refractivity (Wildman–Crippen MR) is 131 cm³/mol. The quantitative estimate of drug-likeness (QED) is 0.463. The number of carboxylic acids is 1. The molecule has 0 amide bonds. The van der Waals surface area contributed by atoms with Gasteiger partial charge in [0.1, 0.15) is 0 Å². The highest BCUT2D eigenvalue weighted by Crippen LogP contribution is 2.41. The summed E-state index contributed by atoms with van der Waals surface area (Å²) < 4.78 is 24.3. The summed E-state index contributed by atoms with van der Waals surface area (Å²) in [4.78, 5) is 11.6. The molecule has 1 aromatic rings. The molecule has 0 bridgehead atoms. The number of hydrogen-bond acceptors (Lipinski definition) is 6. The average Bonchev–Trinajstić information content (AvgIpc) is 3.15. The average molecular weight is 489 g/mol. The van der Waals surface area contributed by atoms with Crippen LogP contribution in [-0.2, 0) is 23.7 Å². The van der Waals surface area contributed by atoms with Crippen LogP contribution in [0.15, 0.2) is 36.4 Å². The van der Waals surface area contributed by atoms with E-state index in [1.54, 1.807) is 0 Å². The third-order valence-corrected chi connectivity index (χ3v) is 7.42. The second kappa shape index (κ2) is 13.5. The van der Waals surface area contributed by atoms with Gasteiger partial charge in [-0.15, -0.1) is 0 Å². The van der Waals surface area contributed by atoms with Gasteiger partial charge in [0.05, 0.1) is 24.7 Å². The first-order valence-electron chi connectivity index (χ1n) is 13.3. The summed E-state index contributed by atoms with van der Waals surface area (Å²) in [6, 6.07) is 10.1. The van der Waals surface area contributed by atoms with E-state index in [4.69, 9.17) is 18.9 Å². The minimum atomic E-state index is -0.888. The SMILES string of the molecule is O=C(O)C[C@@H]1[C@@H](CCC(C=Cc2ccccc2)OC2CCCCO2)[C@H](OC2CCCCO2)C[C@@H]1O. The van der Waals surface area contributed by atoms with E-state index < -0.39 is 12.1 Å². The Kier molecular flexibility index (Phi) is 10.2. The summed E-state index contributed by atoms with van der Waals surface area (Å²) >= 11 is 0. The molecule has 0 spiro atoms. The van der Waals surface area contributed by atoms with Gasteiger partial charge in [0.25, 0.3) is 0 Å². The first-order chi connectivity index (χ1) is 17.1. The van der Waals surface area contributed by atoms with E-state index in [1.165, 1.54) is 0 Å². The normalized spacial score (nSPS) is 32.6. The fourth-order valence-electron chi connectivity index (χ4n) is 5.57. The number of carbonyl (C=O) groups is 1. The highest BCUT2D eigenvalue weighted by atomic mass is 16.7. The molecule has 0 aromatic heterocycles. The number of aliphatic carboxylic acids is 1. The summed E-state index contributed by atoms with van der Waals surface area (Å²) in [6.07, 6.45) is 10.3. The maximum atomic E-state index is 11.6. The van der Waals surface area contributed by atoms with Crippen molar-refractivity contribution in [1.82, 2.24) is 0 Å². The lowest BCUT2D eigenvalue weighted by molar-refractivity contribution is -0.198. The summed E-state index contributed by atoms with van der Waals surface area (Å²) in [5.41, 5.74) is 1.10. The highest BCUT2D eigenvalue weighted by Gasteiger charge is 2.45. The molecule has 7 nitrogen and oxygen atoms in total. The second-order valence-electron chi connectivity index (χ2n) is 10.0. The summed E-state index contributed by atoms with van der Waals surface area (Å²) in [7, 11) is 0. The largest absolute Gasteiger partial charge is 0.481 e. The molecule has 1 saturated carbocycles. The van der Waals surface area contributed by atoms with E-state index in [2.05, 4.69) is 24.3 Å². The van der Waals surface area contributed by atoms with Crippen molar-refractivity contribution in [3.63, 3.8) is 0 Å². The van der Waals surface area contributed by atoms with Gasteiger partial charge in [0.2, 0.25) is 0 Å². The van der Waals surface area contributed by atoms with E-state index in [0.29, 0.717) is 32.5 Å². The Morgan fingerprint density at radius 3 is 2.40 bits per heavy atom. The van der Waals surface area contributed by atoms with E-state index in [0.717, 1.165) is 44.1 Å². The smallest absolute Gasteiger partial charge is 0.303 e. The number of hydrogen-bond donors (Lipinski definition) is 2. The number of ether oxygens (including phenoxy) is 4. The molecule has 2 heterocycles. The molecule has 35 heavy (non-hydrogen) atoms. The van der Waals surface area contributed by atoms with Crippen LogP contribution in [0.4, 0.5) is 0 Å². The Balaban J connectivity index is 1.44. The molecule has 1 aliphatic carbocycles. The van der Waals surface area contributed by atoms with Gasteiger partial charge in [-0.05, 0) is 62.8 Å². The molecule has 4 rings (SSSR count). The Hall–Kier alpha value is -1.77. The van der Waals surface area contributed by atoms with Gasteiger partial charge in [-0.1, -0.05) is 42.5 Å². The standard InChI is InChI=1S/C28H40O7/c29-24-19-25(35-28-11-5-7-17-33-28)22(23(24)18-26(30)31)15-14-21(34-27-10-4-6-16-32-27)13-12-20-8-2-1-3-9-20/h1-3,8-9,12-13,21-25,27-29H,4-7,10-11,14-19H2,(H,30,31)/t21?,22-,23-,24+,25-,27?,28?/m1/s1. The van der Waals surface area contributed by atoms with Crippen molar-refractivity contribution in [2.75, 3.05) is 13.2 Å². The molecule has 2 aliphatic heterocycles. The van der Waals surface area contributed by atoms with Crippen molar-refractivity contribution >= 4 is 12.0 Å². The van der Waals surface area contributed by atoms with Gasteiger partial charge in [-0.25, -0.2) is 0 Å². The highest BCUT2D eigenvalue weighted by molar-refractivity contribution is 5.67. The minimum absolute atomic E-state index is 0.0612. The van der Waals surface area contributed by atoms with Crippen LogP contribution >= 0.6 is 0 Å². The van der Waals surface area contributed by atoms with Gasteiger partial charge in [-0.3, -0.25) is 4.79 Å². The fourth-order valence-corrected chi connectivity index (χ4v) is 5.57. The lowest BCUT2D eigenvalue weighted by Gasteiger charge is -2.31. The Labute approximate surface area is 208 Å². The number of benzene rings is 1. The van der Waals surface area contributed by atoms with Gasteiger partial charge in [0, 0.05) is 25.6 Å². The van der Waals surface area contributed by atoms with Crippen LogP contribution in [0.3, 0.4) is 0 Å². The van der Waals surface area contributed by atoms with Crippen LogP contribution in [-0.4, -0.2) is 60.3 Å². The lowest BCUT2D eigenvalue weighted by Crippen LogP contribution is -2.33. The van der Waals surface area contributed by atoms with Crippen molar-refractivity contribution in [2.24, 2.45) is 11.8 Å².